The summed E-state index contributed by atoms with van der Waals surface area (Å²) >= 11 is 0. The molecule has 94 valence electrons. The van der Waals surface area contributed by atoms with Gasteiger partial charge in [-0.1, -0.05) is 13.8 Å². The van der Waals surface area contributed by atoms with E-state index >= 15 is 0 Å². The lowest BCUT2D eigenvalue weighted by molar-refractivity contribution is 0.510. The molecule has 2 rings (SSSR count). The summed E-state index contributed by atoms with van der Waals surface area (Å²) in [5, 5.41) is 3.38. The predicted octanol–water partition coefficient (Wildman–Crippen LogP) is 1.75. The maximum Gasteiger partial charge on any atom is 0.132 e. The minimum Gasteiger partial charge on any atom is -0.368 e. The smallest absolute Gasteiger partial charge is 0.132 e. The molecule has 0 saturated carbocycles. The van der Waals surface area contributed by atoms with E-state index in [1.807, 2.05) is 0 Å². The molecular weight excluding hydrogens is 212 g/mol. The highest BCUT2D eigenvalue weighted by molar-refractivity contribution is 5.47. The highest BCUT2D eigenvalue weighted by atomic mass is 15.0. The van der Waals surface area contributed by atoms with Crippen molar-refractivity contribution >= 4 is 5.82 Å². The first-order valence-corrected chi connectivity index (χ1v) is 6.50. The quantitative estimate of drug-likeness (QED) is 0.833. The Kier molecular flexibility index (Phi) is 3.94. The van der Waals surface area contributed by atoms with E-state index in [2.05, 4.69) is 29.1 Å². The Morgan fingerprint density at radius 3 is 2.82 bits per heavy atom. The molecule has 0 fully saturated rings. The summed E-state index contributed by atoms with van der Waals surface area (Å²) in [6.07, 6.45) is 6.33. The molecule has 0 spiro atoms. The number of nitrogens with two attached hydrogens (primary N) is 1. The predicted molar refractivity (Wildman–Crippen MR) is 70.0 cm³/mol. The van der Waals surface area contributed by atoms with Gasteiger partial charge in [-0.05, 0) is 31.6 Å². The molecule has 0 amide bonds. The Balaban J connectivity index is 2.06. The molecule has 1 atom stereocenters. The molecule has 17 heavy (non-hydrogen) atoms. The number of aromatic nitrogens is 2. The van der Waals surface area contributed by atoms with Gasteiger partial charge in [0.25, 0.3) is 0 Å². The molecule has 1 aromatic rings. The molecule has 1 heterocycles. The van der Waals surface area contributed by atoms with Crippen LogP contribution in [0.2, 0.25) is 0 Å². The zero-order valence-corrected chi connectivity index (χ0v) is 10.7. The molecule has 0 aromatic carbocycles. The number of hydrogen-bond donors (Lipinski definition) is 2. The summed E-state index contributed by atoms with van der Waals surface area (Å²) in [5.41, 5.74) is 8.55. The molecule has 1 aliphatic rings. The van der Waals surface area contributed by atoms with Gasteiger partial charge in [0.05, 0.1) is 0 Å². The summed E-state index contributed by atoms with van der Waals surface area (Å²) in [5.74, 6) is 1.48. The number of hydrogen-bond acceptors (Lipinski definition) is 4. The van der Waals surface area contributed by atoms with E-state index in [-0.39, 0.29) is 6.04 Å². The Morgan fingerprint density at radius 2 is 2.06 bits per heavy atom. The first-order chi connectivity index (χ1) is 8.18. The number of rotatable bonds is 4. The van der Waals surface area contributed by atoms with Crippen LogP contribution in [0, 0.1) is 5.92 Å². The minimum atomic E-state index is 0.171. The van der Waals surface area contributed by atoms with E-state index in [1.54, 1.807) is 6.33 Å². The minimum absolute atomic E-state index is 0.171. The van der Waals surface area contributed by atoms with E-state index in [1.165, 1.54) is 24.1 Å². The number of nitrogens with zero attached hydrogens (tertiary/aromatic N) is 2. The van der Waals surface area contributed by atoms with Crippen LogP contribution in [0.1, 0.15) is 37.9 Å². The van der Waals surface area contributed by atoms with Crippen LogP contribution in [0.4, 0.5) is 5.82 Å². The molecule has 0 bridgehead atoms. The molecular formula is C13H22N4. The van der Waals surface area contributed by atoms with Gasteiger partial charge in [0.2, 0.25) is 0 Å². The molecule has 1 aliphatic carbocycles. The SMILES string of the molecule is CC(C)C(N)CNc1ncnc2c1CCCC2. The molecule has 1 aromatic heterocycles. The number of aryl methyl sites for hydroxylation is 1. The second kappa shape index (κ2) is 5.45. The van der Waals surface area contributed by atoms with Gasteiger partial charge in [-0.25, -0.2) is 9.97 Å². The third-order valence-electron chi connectivity index (χ3n) is 3.49. The van der Waals surface area contributed by atoms with Gasteiger partial charge in [-0.3, -0.25) is 0 Å². The van der Waals surface area contributed by atoms with Gasteiger partial charge in [0.1, 0.15) is 12.1 Å². The van der Waals surface area contributed by atoms with Gasteiger partial charge in [-0.2, -0.15) is 0 Å². The van der Waals surface area contributed by atoms with Crippen molar-refractivity contribution in [2.45, 2.75) is 45.6 Å². The van der Waals surface area contributed by atoms with Crippen molar-refractivity contribution in [1.82, 2.24) is 9.97 Å². The lowest BCUT2D eigenvalue weighted by atomic mass is 9.96. The van der Waals surface area contributed by atoms with Crippen molar-refractivity contribution in [2.24, 2.45) is 11.7 Å². The second-order valence-electron chi connectivity index (χ2n) is 5.14. The summed E-state index contributed by atoms with van der Waals surface area (Å²) < 4.78 is 0. The third kappa shape index (κ3) is 2.94. The van der Waals surface area contributed by atoms with Crippen LogP contribution in [0.3, 0.4) is 0 Å². The first-order valence-electron chi connectivity index (χ1n) is 6.50. The van der Waals surface area contributed by atoms with Crippen molar-refractivity contribution in [3.63, 3.8) is 0 Å². The van der Waals surface area contributed by atoms with Crippen molar-refractivity contribution in [3.05, 3.63) is 17.6 Å². The summed E-state index contributed by atoms with van der Waals surface area (Å²) in [6, 6.07) is 0.171. The largest absolute Gasteiger partial charge is 0.368 e. The molecule has 4 heteroatoms. The van der Waals surface area contributed by atoms with E-state index < -0.39 is 0 Å². The summed E-state index contributed by atoms with van der Waals surface area (Å²) in [7, 11) is 0. The maximum atomic E-state index is 6.03. The zero-order chi connectivity index (χ0) is 12.3. The fraction of sp³-hybridized carbons (Fsp3) is 0.692. The molecule has 1 unspecified atom stereocenters. The fourth-order valence-corrected chi connectivity index (χ4v) is 2.12. The molecule has 3 N–H and O–H groups in total. The second-order valence-corrected chi connectivity index (χ2v) is 5.14. The Bertz CT molecular complexity index is 376. The fourth-order valence-electron chi connectivity index (χ4n) is 2.12. The van der Waals surface area contributed by atoms with E-state index in [4.69, 9.17) is 5.73 Å². The Morgan fingerprint density at radius 1 is 1.29 bits per heavy atom. The number of anilines is 1. The van der Waals surface area contributed by atoms with Gasteiger partial charge in [-0.15, -0.1) is 0 Å². The van der Waals surface area contributed by atoms with Crippen LogP contribution >= 0.6 is 0 Å². The first kappa shape index (κ1) is 12.3. The average molecular weight is 234 g/mol. The molecule has 0 saturated heterocycles. The van der Waals surface area contributed by atoms with Crippen LogP contribution in [0.15, 0.2) is 6.33 Å². The summed E-state index contributed by atoms with van der Waals surface area (Å²) in [4.78, 5) is 8.71. The number of nitrogens with one attached hydrogen (secondary N) is 1. The van der Waals surface area contributed by atoms with Crippen LogP contribution < -0.4 is 11.1 Å². The monoisotopic (exact) mass is 234 g/mol. The maximum absolute atomic E-state index is 6.03. The summed E-state index contributed by atoms with van der Waals surface area (Å²) in [6.45, 7) is 5.06. The highest BCUT2D eigenvalue weighted by Gasteiger charge is 2.16. The van der Waals surface area contributed by atoms with Gasteiger partial charge < -0.3 is 11.1 Å². The normalized spacial score (nSPS) is 16.7. The lowest BCUT2D eigenvalue weighted by Gasteiger charge is -2.21. The van der Waals surface area contributed by atoms with E-state index in [0.717, 1.165) is 25.2 Å². The molecule has 0 aliphatic heterocycles. The molecule has 0 radical (unpaired) electrons. The Hall–Kier alpha value is -1.16. The van der Waals surface area contributed by atoms with E-state index in [0.29, 0.717) is 5.92 Å². The van der Waals surface area contributed by atoms with Gasteiger partial charge in [0.15, 0.2) is 0 Å². The van der Waals surface area contributed by atoms with Crippen LogP contribution in [-0.4, -0.2) is 22.6 Å². The standard InChI is InChI=1S/C13H22N4/c1-9(2)11(14)7-15-13-10-5-3-4-6-12(10)16-8-17-13/h8-9,11H,3-7,14H2,1-2H3,(H,15,16,17). The Labute approximate surface area is 103 Å². The lowest BCUT2D eigenvalue weighted by Crippen LogP contribution is -2.34. The topological polar surface area (TPSA) is 63.8 Å². The van der Waals surface area contributed by atoms with Crippen molar-refractivity contribution in [3.8, 4) is 0 Å². The zero-order valence-electron chi connectivity index (χ0n) is 10.7. The van der Waals surface area contributed by atoms with Gasteiger partial charge >= 0.3 is 0 Å². The van der Waals surface area contributed by atoms with Crippen LogP contribution in [0.25, 0.3) is 0 Å². The van der Waals surface area contributed by atoms with Crippen molar-refractivity contribution in [2.75, 3.05) is 11.9 Å². The highest BCUT2D eigenvalue weighted by Crippen LogP contribution is 2.24. The van der Waals surface area contributed by atoms with Crippen molar-refractivity contribution in [1.29, 1.82) is 0 Å². The third-order valence-corrected chi connectivity index (χ3v) is 3.49. The van der Waals surface area contributed by atoms with Crippen LogP contribution in [0.5, 0.6) is 0 Å². The molecule has 4 nitrogen and oxygen atoms in total. The average Bonchev–Trinajstić information content (AvgIpc) is 2.35. The van der Waals surface area contributed by atoms with Crippen LogP contribution in [-0.2, 0) is 12.8 Å². The van der Waals surface area contributed by atoms with Gasteiger partial charge in [0, 0.05) is 23.8 Å². The van der Waals surface area contributed by atoms with E-state index in [9.17, 15) is 0 Å². The van der Waals surface area contributed by atoms with Crippen molar-refractivity contribution < 1.29 is 0 Å². The number of fused-ring (bicyclic) bond motifs is 1.